The van der Waals surface area contributed by atoms with E-state index in [1.807, 2.05) is 40.1 Å². The first-order chi connectivity index (χ1) is 19.2. The summed E-state index contributed by atoms with van der Waals surface area (Å²) in [6.45, 7) is 5.56. The predicted molar refractivity (Wildman–Crippen MR) is 155 cm³/mol. The van der Waals surface area contributed by atoms with E-state index in [0.717, 1.165) is 88.9 Å². The molecule has 0 saturated carbocycles. The number of rotatable bonds is 8. The monoisotopic (exact) mass is 566 g/mol. The van der Waals surface area contributed by atoms with Crippen LogP contribution in [0.1, 0.15) is 62.1 Å². The van der Waals surface area contributed by atoms with Crippen LogP contribution in [-0.4, -0.2) is 80.6 Å². The third-order valence-electron chi connectivity index (χ3n) is 9.02. The van der Waals surface area contributed by atoms with Crippen molar-refractivity contribution in [2.45, 2.75) is 62.4 Å². The van der Waals surface area contributed by atoms with Gasteiger partial charge >= 0.3 is 6.03 Å². The molecule has 3 aliphatic rings. The molecule has 0 aromatic heterocycles. The molecule has 216 valence electrons. The van der Waals surface area contributed by atoms with Crippen LogP contribution in [0.3, 0.4) is 0 Å². The molecule has 1 atom stereocenters. The molecule has 3 amide bonds. The maximum atomic E-state index is 13.5. The number of nitrogens with zero attached hydrogens (tertiary/aromatic N) is 3. The van der Waals surface area contributed by atoms with Gasteiger partial charge in [-0.15, -0.1) is 0 Å². The van der Waals surface area contributed by atoms with Gasteiger partial charge in [-0.25, -0.2) is 13.2 Å². The lowest BCUT2D eigenvalue weighted by Gasteiger charge is -2.38. The van der Waals surface area contributed by atoms with Gasteiger partial charge in [-0.2, -0.15) is 0 Å². The number of amides is 3. The molecule has 9 heteroatoms. The molecular formula is C31H42N4O4S. The number of carbonyl (C=O) groups is 2. The lowest BCUT2D eigenvalue weighted by Crippen LogP contribution is -2.46. The lowest BCUT2D eigenvalue weighted by molar-refractivity contribution is -0.138. The molecule has 0 radical (unpaired) electrons. The lowest BCUT2D eigenvalue weighted by atomic mass is 9.77. The highest BCUT2D eigenvalue weighted by molar-refractivity contribution is 7.90. The van der Waals surface area contributed by atoms with Crippen LogP contribution in [0.5, 0.6) is 0 Å². The van der Waals surface area contributed by atoms with Gasteiger partial charge in [0.1, 0.15) is 0 Å². The summed E-state index contributed by atoms with van der Waals surface area (Å²) in [5.41, 5.74) is 1.80. The molecule has 2 aromatic carbocycles. The first kappa shape index (κ1) is 28.6. The van der Waals surface area contributed by atoms with Crippen LogP contribution >= 0.6 is 0 Å². The van der Waals surface area contributed by atoms with Crippen LogP contribution in [0, 0.1) is 5.41 Å². The summed E-state index contributed by atoms with van der Waals surface area (Å²) in [6, 6.07) is 17.1. The number of benzene rings is 2. The van der Waals surface area contributed by atoms with Crippen LogP contribution in [0.4, 0.5) is 4.79 Å². The van der Waals surface area contributed by atoms with Gasteiger partial charge in [-0.1, -0.05) is 42.5 Å². The molecule has 1 unspecified atom stereocenters. The Morgan fingerprint density at radius 1 is 0.900 bits per heavy atom. The molecule has 1 spiro atoms. The topological polar surface area (TPSA) is 90.0 Å². The van der Waals surface area contributed by atoms with E-state index < -0.39 is 9.84 Å². The number of piperidine rings is 2. The number of sulfone groups is 1. The van der Waals surface area contributed by atoms with Crippen LogP contribution in [0.2, 0.25) is 0 Å². The fourth-order valence-electron chi connectivity index (χ4n) is 6.43. The zero-order chi connectivity index (χ0) is 28.2. The SMILES string of the molecule is CS(=O)(=O)c1ccc(CN2CCC3(CCN(CCC(NC(=O)N4CCCCC4)c4ccccc4)CC3)C2=O)cc1. The van der Waals surface area contributed by atoms with Crippen molar-refractivity contribution in [3.05, 3.63) is 65.7 Å². The van der Waals surface area contributed by atoms with Crippen LogP contribution in [-0.2, 0) is 21.2 Å². The van der Waals surface area contributed by atoms with E-state index in [2.05, 4.69) is 22.3 Å². The van der Waals surface area contributed by atoms with E-state index in [1.54, 1.807) is 12.1 Å². The first-order valence-electron chi connectivity index (χ1n) is 14.6. The number of urea groups is 1. The fourth-order valence-corrected chi connectivity index (χ4v) is 7.06. The Kier molecular flexibility index (Phi) is 8.80. The third-order valence-corrected chi connectivity index (χ3v) is 10.1. The maximum Gasteiger partial charge on any atom is 0.317 e. The molecule has 2 aromatic rings. The Labute approximate surface area is 238 Å². The minimum Gasteiger partial charge on any atom is -0.338 e. The summed E-state index contributed by atoms with van der Waals surface area (Å²) >= 11 is 0. The Morgan fingerprint density at radius 3 is 2.20 bits per heavy atom. The van der Waals surface area contributed by atoms with Gasteiger partial charge in [0.2, 0.25) is 5.91 Å². The first-order valence-corrected chi connectivity index (χ1v) is 16.5. The molecule has 5 rings (SSSR count). The molecule has 0 aliphatic carbocycles. The van der Waals surface area contributed by atoms with Crippen LogP contribution < -0.4 is 5.32 Å². The van der Waals surface area contributed by atoms with Gasteiger partial charge < -0.3 is 20.0 Å². The molecule has 0 bridgehead atoms. The molecule has 3 heterocycles. The number of hydrogen-bond acceptors (Lipinski definition) is 5. The number of likely N-dealkylation sites (tertiary alicyclic amines) is 3. The summed E-state index contributed by atoms with van der Waals surface area (Å²) in [5.74, 6) is 0.232. The van der Waals surface area contributed by atoms with Crippen LogP contribution in [0.15, 0.2) is 59.5 Å². The number of hydrogen-bond donors (Lipinski definition) is 1. The van der Waals surface area contributed by atoms with E-state index in [4.69, 9.17) is 0 Å². The van der Waals surface area contributed by atoms with Crippen molar-refractivity contribution >= 4 is 21.8 Å². The highest BCUT2D eigenvalue weighted by Crippen LogP contribution is 2.42. The summed E-state index contributed by atoms with van der Waals surface area (Å²) in [5, 5.41) is 3.31. The third kappa shape index (κ3) is 6.69. The van der Waals surface area contributed by atoms with Crippen molar-refractivity contribution in [1.29, 1.82) is 0 Å². The van der Waals surface area contributed by atoms with Gasteiger partial charge in [0.15, 0.2) is 9.84 Å². The second-order valence-electron chi connectivity index (χ2n) is 11.8. The van der Waals surface area contributed by atoms with Crippen molar-refractivity contribution in [2.24, 2.45) is 5.41 Å². The van der Waals surface area contributed by atoms with Gasteiger partial charge in [0.25, 0.3) is 0 Å². The molecule has 8 nitrogen and oxygen atoms in total. The predicted octanol–water partition coefficient (Wildman–Crippen LogP) is 4.23. The van der Waals surface area contributed by atoms with Crippen molar-refractivity contribution < 1.29 is 18.0 Å². The second-order valence-corrected chi connectivity index (χ2v) is 13.8. The van der Waals surface area contributed by atoms with Gasteiger partial charge in [-0.05, 0) is 81.3 Å². The zero-order valence-electron chi connectivity index (χ0n) is 23.6. The normalized spacial score (nSPS) is 20.6. The van der Waals surface area contributed by atoms with E-state index in [1.165, 1.54) is 12.7 Å². The summed E-state index contributed by atoms with van der Waals surface area (Å²) in [6.07, 6.45) is 7.96. The van der Waals surface area contributed by atoms with E-state index >= 15 is 0 Å². The van der Waals surface area contributed by atoms with Gasteiger partial charge in [-0.3, -0.25) is 4.79 Å². The second kappa shape index (κ2) is 12.3. The Bertz CT molecular complexity index is 1270. The summed E-state index contributed by atoms with van der Waals surface area (Å²) < 4.78 is 23.5. The van der Waals surface area contributed by atoms with Crippen molar-refractivity contribution in [3.63, 3.8) is 0 Å². The smallest absolute Gasteiger partial charge is 0.317 e. The molecule has 3 aliphatic heterocycles. The minimum absolute atomic E-state index is 0.0359. The summed E-state index contributed by atoms with van der Waals surface area (Å²) in [7, 11) is -3.23. The van der Waals surface area contributed by atoms with Crippen molar-refractivity contribution in [3.8, 4) is 0 Å². The molecule has 1 N–H and O–H groups in total. The highest BCUT2D eigenvalue weighted by atomic mass is 32.2. The van der Waals surface area contributed by atoms with Crippen LogP contribution in [0.25, 0.3) is 0 Å². The number of carbonyl (C=O) groups excluding carboxylic acids is 2. The molecule has 40 heavy (non-hydrogen) atoms. The van der Waals surface area contributed by atoms with E-state index in [0.29, 0.717) is 11.4 Å². The Morgan fingerprint density at radius 2 is 1.55 bits per heavy atom. The van der Waals surface area contributed by atoms with Crippen molar-refractivity contribution in [2.75, 3.05) is 45.5 Å². The highest BCUT2D eigenvalue weighted by Gasteiger charge is 2.47. The maximum absolute atomic E-state index is 13.5. The standard InChI is InChI=1S/C31H42N4O4S/c1-40(38,39)27-12-10-25(11-13-27)24-35-23-17-31(29(35)36)15-21-33(22-16-31)20-14-28(26-8-4-2-5-9-26)32-30(37)34-18-6-3-7-19-34/h2,4-5,8-13,28H,3,6-7,14-24H2,1H3,(H,32,37). The molecule has 3 saturated heterocycles. The van der Waals surface area contributed by atoms with Crippen molar-refractivity contribution in [1.82, 2.24) is 20.0 Å². The Balaban J connectivity index is 1.14. The average Bonchev–Trinajstić information content (AvgIpc) is 3.26. The molecule has 3 fully saturated rings. The summed E-state index contributed by atoms with van der Waals surface area (Å²) in [4.78, 5) is 33.1. The molecular weight excluding hydrogens is 524 g/mol. The number of nitrogens with one attached hydrogen (secondary N) is 1. The quantitative estimate of drug-likeness (QED) is 0.517. The van der Waals surface area contributed by atoms with E-state index in [9.17, 15) is 18.0 Å². The van der Waals surface area contributed by atoms with Gasteiger partial charge in [0.05, 0.1) is 16.4 Å². The van der Waals surface area contributed by atoms with E-state index in [-0.39, 0.29) is 23.4 Å². The zero-order valence-corrected chi connectivity index (χ0v) is 24.4. The average molecular weight is 567 g/mol. The largest absolute Gasteiger partial charge is 0.338 e. The van der Waals surface area contributed by atoms with Gasteiger partial charge in [0, 0.05) is 39.0 Å². The Hall–Kier alpha value is -2.91. The minimum atomic E-state index is -3.23. The fraction of sp³-hybridized carbons (Fsp3) is 0.548.